The molecule has 1 amide bonds. The number of amides is 1. The van der Waals surface area contributed by atoms with E-state index in [9.17, 15) is 4.79 Å². The first-order valence-corrected chi connectivity index (χ1v) is 6.81. The van der Waals surface area contributed by atoms with Crippen molar-refractivity contribution in [3.8, 4) is 5.75 Å². The van der Waals surface area contributed by atoms with Crippen LogP contribution in [0.1, 0.15) is 11.1 Å². The van der Waals surface area contributed by atoms with Gasteiger partial charge in [0, 0.05) is 13.5 Å². The van der Waals surface area contributed by atoms with Crippen molar-refractivity contribution in [2.75, 3.05) is 14.2 Å². The number of ether oxygens (including phenoxy) is 1. The number of hydroxylamine groups is 2. The lowest BCUT2D eigenvalue weighted by molar-refractivity contribution is -0.303. The number of rotatable bonds is 4. The van der Waals surface area contributed by atoms with E-state index in [1.165, 1.54) is 5.06 Å². The quantitative estimate of drug-likeness (QED) is 0.865. The molecule has 4 nitrogen and oxygen atoms in total. The summed E-state index contributed by atoms with van der Waals surface area (Å²) in [4.78, 5) is 18.2. The number of carbonyl (C=O) groups is 1. The van der Waals surface area contributed by atoms with E-state index in [0.29, 0.717) is 6.42 Å². The van der Waals surface area contributed by atoms with Gasteiger partial charge in [-0.15, -0.1) is 0 Å². The monoisotopic (exact) mass is 283 g/mol. The summed E-state index contributed by atoms with van der Waals surface area (Å²) >= 11 is 0. The standard InChI is InChI=1S/C17H17NO3/c1-18-16(19)17(21-18,12-13-6-4-3-5-7-13)14-8-10-15(20-2)11-9-14/h3-11H,12H2,1-2H3. The van der Waals surface area contributed by atoms with Gasteiger partial charge in [0.05, 0.1) is 7.11 Å². The molecule has 0 N–H and O–H groups in total. The lowest BCUT2D eigenvalue weighted by Crippen LogP contribution is -2.61. The molecular weight excluding hydrogens is 266 g/mol. The van der Waals surface area contributed by atoms with Crippen molar-refractivity contribution >= 4 is 5.91 Å². The molecule has 1 fully saturated rings. The van der Waals surface area contributed by atoms with Crippen LogP contribution in [-0.2, 0) is 21.7 Å². The maximum absolute atomic E-state index is 12.4. The Morgan fingerprint density at radius 1 is 1.10 bits per heavy atom. The molecule has 0 spiro atoms. The predicted molar refractivity (Wildman–Crippen MR) is 78.7 cm³/mol. The van der Waals surface area contributed by atoms with Crippen LogP contribution in [0.2, 0.25) is 0 Å². The molecule has 0 radical (unpaired) electrons. The van der Waals surface area contributed by atoms with Gasteiger partial charge in [-0.2, -0.15) is 0 Å². The van der Waals surface area contributed by atoms with Gasteiger partial charge in [-0.1, -0.05) is 42.5 Å². The first kappa shape index (κ1) is 13.6. The average molecular weight is 283 g/mol. The summed E-state index contributed by atoms with van der Waals surface area (Å²) in [5.74, 6) is 0.727. The van der Waals surface area contributed by atoms with Crippen LogP contribution in [0, 0.1) is 0 Å². The van der Waals surface area contributed by atoms with Crippen molar-refractivity contribution in [1.82, 2.24) is 5.06 Å². The van der Waals surface area contributed by atoms with Crippen molar-refractivity contribution < 1.29 is 14.4 Å². The fourth-order valence-corrected chi connectivity index (χ4v) is 2.66. The molecule has 3 rings (SSSR count). The van der Waals surface area contributed by atoms with Crippen LogP contribution in [0.5, 0.6) is 5.75 Å². The van der Waals surface area contributed by atoms with Crippen LogP contribution in [0.3, 0.4) is 0 Å². The third-order valence-corrected chi connectivity index (χ3v) is 3.78. The highest BCUT2D eigenvalue weighted by molar-refractivity contribution is 5.89. The molecule has 0 aliphatic carbocycles. The highest BCUT2D eigenvalue weighted by atomic mass is 16.7. The Kier molecular flexibility index (Phi) is 3.39. The fourth-order valence-electron chi connectivity index (χ4n) is 2.66. The summed E-state index contributed by atoms with van der Waals surface area (Å²) in [5, 5.41) is 1.28. The van der Waals surface area contributed by atoms with Crippen LogP contribution in [0.15, 0.2) is 54.6 Å². The molecule has 2 aromatic rings. The van der Waals surface area contributed by atoms with Crippen molar-refractivity contribution in [2.24, 2.45) is 0 Å². The maximum atomic E-state index is 12.4. The fraction of sp³-hybridized carbons (Fsp3) is 0.235. The van der Waals surface area contributed by atoms with E-state index < -0.39 is 5.60 Å². The molecule has 1 aliphatic rings. The predicted octanol–water partition coefficient (Wildman–Crippen LogP) is 2.54. The lowest BCUT2D eigenvalue weighted by Gasteiger charge is -2.46. The Hall–Kier alpha value is -2.33. The van der Waals surface area contributed by atoms with Crippen molar-refractivity contribution in [1.29, 1.82) is 0 Å². The third-order valence-electron chi connectivity index (χ3n) is 3.78. The second-order valence-electron chi connectivity index (χ2n) is 5.11. The average Bonchev–Trinajstić information content (AvgIpc) is 2.55. The molecule has 108 valence electrons. The largest absolute Gasteiger partial charge is 0.497 e. The van der Waals surface area contributed by atoms with Gasteiger partial charge in [0.15, 0.2) is 0 Å². The van der Waals surface area contributed by atoms with Crippen LogP contribution in [-0.4, -0.2) is 25.1 Å². The van der Waals surface area contributed by atoms with Gasteiger partial charge in [0.2, 0.25) is 5.60 Å². The van der Waals surface area contributed by atoms with Gasteiger partial charge in [-0.25, -0.2) is 9.90 Å². The molecule has 4 heteroatoms. The summed E-state index contributed by atoms with van der Waals surface area (Å²) < 4.78 is 5.16. The molecule has 0 bridgehead atoms. The van der Waals surface area contributed by atoms with E-state index in [-0.39, 0.29) is 5.91 Å². The Labute approximate surface area is 123 Å². The van der Waals surface area contributed by atoms with Crippen LogP contribution >= 0.6 is 0 Å². The number of carbonyl (C=O) groups excluding carboxylic acids is 1. The number of benzene rings is 2. The SMILES string of the molecule is COc1ccc(C2(Cc3ccccc3)ON(C)C2=O)cc1. The topological polar surface area (TPSA) is 38.8 Å². The summed E-state index contributed by atoms with van der Waals surface area (Å²) in [7, 11) is 3.25. The van der Waals surface area contributed by atoms with E-state index in [0.717, 1.165) is 16.9 Å². The van der Waals surface area contributed by atoms with Crippen LogP contribution < -0.4 is 4.74 Å². The van der Waals surface area contributed by atoms with Gasteiger partial charge in [-0.3, -0.25) is 4.79 Å². The number of methoxy groups -OCH3 is 1. The Bertz CT molecular complexity index is 639. The van der Waals surface area contributed by atoms with Gasteiger partial charge in [-0.05, 0) is 23.3 Å². The van der Waals surface area contributed by atoms with Crippen molar-refractivity contribution in [2.45, 2.75) is 12.0 Å². The van der Waals surface area contributed by atoms with Crippen LogP contribution in [0.4, 0.5) is 0 Å². The van der Waals surface area contributed by atoms with E-state index in [2.05, 4.69) is 0 Å². The van der Waals surface area contributed by atoms with E-state index in [1.807, 2.05) is 54.6 Å². The van der Waals surface area contributed by atoms with E-state index >= 15 is 0 Å². The molecule has 2 aromatic carbocycles. The van der Waals surface area contributed by atoms with Gasteiger partial charge in [0.25, 0.3) is 5.91 Å². The first-order valence-electron chi connectivity index (χ1n) is 6.81. The van der Waals surface area contributed by atoms with E-state index in [4.69, 9.17) is 9.57 Å². The minimum absolute atomic E-state index is 0.0310. The molecule has 1 unspecified atom stereocenters. The summed E-state index contributed by atoms with van der Waals surface area (Å²) in [6, 6.07) is 17.3. The minimum atomic E-state index is -0.928. The first-order chi connectivity index (χ1) is 10.2. The van der Waals surface area contributed by atoms with Crippen molar-refractivity contribution in [3.05, 3.63) is 65.7 Å². The normalized spacial score (nSPS) is 21.0. The molecule has 21 heavy (non-hydrogen) atoms. The van der Waals surface area contributed by atoms with Gasteiger partial charge >= 0.3 is 0 Å². The zero-order valence-corrected chi connectivity index (χ0v) is 12.1. The molecule has 0 saturated carbocycles. The van der Waals surface area contributed by atoms with E-state index in [1.54, 1.807) is 14.2 Å². The van der Waals surface area contributed by atoms with Gasteiger partial charge < -0.3 is 4.74 Å². The second-order valence-corrected chi connectivity index (χ2v) is 5.11. The number of hydrogen-bond acceptors (Lipinski definition) is 3. The summed E-state index contributed by atoms with van der Waals surface area (Å²) in [6.07, 6.45) is 0.517. The number of hydrogen-bond donors (Lipinski definition) is 0. The maximum Gasteiger partial charge on any atom is 0.285 e. The summed E-state index contributed by atoms with van der Waals surface area (Å²) in [5.41, 5.74) is 0.979. The molecule has 0 aromatic heterocycles. The van der Waals surface area contributed by atoms with Gasteiger partial charge in [0.1, 0.15) is 5.75 Å². The van der Waals surface area contributed by atoms with Crippen LogP contribution in [0.25, 0.3) is 0 Å². The zero-order chi connectivity index (χ0) is 14.9. The molecular formula is C17H17NO3. The zero-order valence-electron chi connectivity index (χ0n) is 12.1. The molecule has 1 aliphatic heterocycles. The summed E-state index contributed by atoms with van der Waals surface area (Å²) in [6.45, 7) is 0. The highest BCUT2D eigenvalue weighted by Crippen LogP contribution is 2.40. The molecule has 1 atom stereocenters. The number of likely N-dealkylation sites (N-methyl/N-ethyl adjacent to an activating group) is 1. The Balaban J connectivity index is 1.95. The lowest BCUT2D eigenvalue weighted by atomic mass is 9.84. The Morgan fingerprint density at radius 3 is 2.29 bits per heavy atom. The van der Waals surface area contributed by atoms with Crippen molar-refractivity contribution in [3.63, 3.8) is 0 Å². The molecule has 1 saturated heterocycles. The second kappa shape index (κ2) is 5.22. The minimum Gasteiger partial charge on any atom is -0.497 e. The highest BCUT2D eigenvalue weighted by Gasteiger charge is 2.54. The smallest absolute Gasteiger partial charge is 0.285 e. The number of nitrogens with zero attached hydrogens (tertiary/aromatic N) is 1. The molecule has 1 heterocycles. The Morgan fingerprint density at radius 2 is 1.76 bits per heavy atom. The third kappa shape index (κ3) is 2.28.